The van der Waals surface area contributed by atoms with Crippen LogP contribution in [-0.2, 0) is 16.1 Å². The summed E-state index contributed by atoms with van der Waals surface area (Å²) in [5.41, 5.74) is 5.33. The molecule has 3 aromatic carbocycles. The van der Waals surface area contributed by atoms with Crippen LogP contribution >= 0.6 is 0 Å². The maximum Gasteiger partial charge on any atom is 0.232 e. The van der Waals surface area contributed by atoms with Crippen LogP contribution in [0.2, 0.25) is 0 Å². The van der Waals surface area contributed by atoms with E-state index in [0.717, 1.165) is 33.7 Å². The Kier molecular flexibility index (Phi) is 6.74. The van der Waals surface area contributed by atoms with Gasteiger partial charge in [-0.3, -0.25) is 14.5 Å². The molecule has 2 heterocycles. The summed E-state index contributed by atoms with van der Waals surface area (Å²) in [6, 6.07) is 18.5. The van der Waals surface area contributed by atoms with Crippen LogP contribution in [0.25, 0.3) is 0 Å². The number of carbonyl (C=O) groups excluding carboxylic acids is 2. The number of halogens is 1. The lowest BCUT2D eigenvalue weighted by molar-refractivity contribution is -0.125. The van der Waals surface area contributed by atoms with Gasteiger partial charge in [-0.25, -0.2) is 4.39 Å². The van der Waals surface area contributed by atoms with Crippen molar-refractivity contribution in [3.63, 3.8) is 0 Å². The van der Waals surface area contributed by atoms with E-state index in [2.05, 4.69) is 15.5 Å². The monoisotopic (exact) mass is 487 g/mol. The van der Waals surface area contributed by atoms with Crippen molar-refractivity contribution in [1.82, 2.24) is 10.2 Å². The largest absolute Gasteiger partial charge is 0.484 e. The summed E-state index contributed by atoms with van der Waals surface area (Å²) in [5.74, 6) is -0.339. The number of nitrogens with one attached hydrogen (secondary N) is 2. The Morgan fingerprint density at radius 2 is 1.89 bits per heavy atom. The van der Waals surface area contributed by atoms with Gasteiger partial charge in [-0.1, -0.05) is 54.1 Å². The second-order valence-corrected chi connectivity index (χ2v) is 9.61. The molecule has 0 spiro atoms. The van der Waals surface area contributed by atoms with Crippen LogP contribution in [0.5, 0.6) is 5.75 Å². The number of anilines is 1. The third kappa shape index (κ3) is 4.97. The minimum absolute atomic E-state index is 0.103. The molecule has 7 heteroatoms. The van der Waals surface area contributed by atoms with Crippen LogP contribution in [0.4, 0.5) is 10.1 Å². The van der Waals surface area contributed by atoms with Crippen LogP contribution in [0, 0.1) is 19.7 Å². The zero-order valence-corrected chi connectivity index (χ0v) is 20.5. The third-order valence-corrected chi connectivity index (χ3v) is 6.90. The lowest BCUT2D eigenvalue weighted by Crippen LogP contribution is -2.37. The highest BCUT2D eigenvalue weighted by Gasteiger charge is 2.33. The summed E-state index contributed by atoms with van der Waals surface area (Å²) in [7, 11) is 0. The van der Waals surface area contributed by atoms with E-state index in [1.54, 1.807) is 12.1 Å². The maximum absolute atomic E-state index is 14.6. The molecule has 36 heavy (non-hydrogen) atoms. The number of para-hydroxylation sites is 1. The molecule has 0 aromatic heterocycles. The first-order valence-electron chi connectivity index (χ1n) is 12.3. The summed E-state index contributed by atoms with van der Waals surface area (Å²) >= 11 is 0. The van der Waals surface area contributed by atoms with Crippen LogP contribution < -0.4 is 15.4 Å². The van der Waals surface area contributed by atoms with Gasteiger partial charge in [0.05, 0.1) is 5.92 Å². The number of nitrogens with zero attached hydrogens (tertiary/aromatic N) is 1. The topological polar surface area (TPSA) is 70.7 Å². The summed E-state index contributed by atoms with van der Waals surface area (Å²) in [6.45, 7) is 6.06. The van der Waals surface area contributed by atoms with Gasteiger partial charge in [-0.2, -0.15) is 0 Å². The van der Waals surface area contributed by atoms with Crippen molar-refractivity contribution in [2.75, 3.05) is 25.0 Å². The number of carbonyl (C=O) groups is 2. The number of ether oxygens (including phenoxy) is 1. The number of benzene rings is 3. The van der Waals surface area contributed by atoms with Gasteiger partial charge in [0.2, 0.25) is 11.8 Å². The second kappa shape index (κ2) is 10.1. The number of hydrogen-bond donors (Lipinski definition) is 2. The Bertz CT molecular complexity index is 1310. The first-order chi connectivity index (χ1) is 17.4. The number of amides is 2. The normalized spacial score (nSPS) is 19.0. The average molecular weight is 488 g/mol. The van der Waals surface area contributed by atoms with Gasteiger partial charge in [0, 0.05) is 49.4 Å². The van der Waals surface area contributed by atoms with Crippen molar-refractivity contribution >= 4 is 17.5 Å². The third-order valence-electron chi connectivity index (χ3n) is 6.90. The molecule has 0 saturated carbocycles. The van der Waals surface area contributed by atoms with Crippen molar-refractivity contribution in [3.8, 4) is 5.75 Å². The van der Waals surface area contributed by atoms with E-state index in [1.807, 2.05) is 56.3 Å². The SMILES string of the molecule is Cc1cc(C)c2c(c1)[C@@H](CC(=O)NCCN1Cc3ccccc3O[C@H](c3ccccc3F)C1)C(=O)N2. The molecular formula is C29H30FN3O3. The molecular weight excluding hydrogens is 457 g/mol. The van der Waals surface area contributed by atoms with E-state index in [4.69, 9.17) is 4.74 Å². The highest BCUT2D eigenvalue weighted by molar-refractivity contribution is 6.05. The summed E-state index contributed by atoms with van der Waals surface area (Å²) in [6.07, 6.45) is -0.360. The molecule has 2 N–H and O–H groups in total. The molecule has 0 bridgehead atoms. The van der Waals surface area contributed by atoms with Crippen molar-refractivity contribution in [2.24, 2.45) is 0 Å². The Morgan fingerprint density at radius 3 is 2.72 bits per heavy atom. The molecule has 2 aliphatic rings. The van der Waals surface area contributed by atoms with Gasteiger partial charge in [0.1, 0.15) is 17.7 Å². The highest BCUT2D eigenvalue weighted by Crippen LogP contribution is 2.38. The fraction of sp³-hybridized carbons (Fsp3) is 0.310. The van der Waals surface area contributed by atoms with E-state index in [0.29, 0.717) is 31.7 Å². The van der Waals surface area contributed by atoms with Gasteiger partial charge in [-0.05, 0) is 37.1 Å². The average Bonchev–Trinajstić information content (AvgIpc) is 3.04. The van der Waals surface area contributed by atoms with Gasteiger partial charge in [-0.15, -0.1) is 0 Å². The van der Waals surface area contributed by atoms with Crippen molar-refractivity contribution in [1.29, 1.82) is 0 Å². The lowest BCUT2D eigenvalue weighted by Gasteiger charge is -2.24. The van der Waals surface area contributed by atoms with Crippen molar-refractivity contribution in [3.05, 3.63) is 94.3 Å². The molecule has 0 radical (unpaired) electrons. The zero-order chi connectivity index (χ0) is 25.2. The van der Waals surface area contributed by atoms with Crippen LogP contribution in [0.15, 0.2) is 60.7 Å². The number of fused-ring (bicyclic) bond motifs is 2. The molecule has 6 nitrogen and oxygen atoms in total. The van der Waals surface area contributed by atoms with Gasteiger partial charge >= 0.3 is 0 Å². The molecule has 0 saturated heterocycles. The molecule has 186 valence electrons. The minimum Gasteiger partial charge on any atom is -0.484 e. The second-order valence-electron chi connectivity index (χ2n) is 9.61. The molecule has 2 amide bonds. The molecule has 0 aliphatic carbocycles. The summed E-state index contributed by atoms with van der Waals surface area (Å²) < 4.78 is 20.8. The fourth-order valence-electron chi connectivity index (χ4n) is 5.16. The number of aryl methyl sites for hydroxylation is 2. The Balaban J connectivity index is 1.23. The van der Waals surface area contributed by atoms with Crippen molar-refractivity contribution < 1.29 is 18.7 Å². The Hall–Kier alpha value is -3.71. The van der Waals surface area contributed by atoms with Gasteiger partial charge < -0.3 is 15.4 Å². The van der Waals surface area contributed by atoms with E-state index in [-0.39, 0.29) is 24.1 Å². The standard InChI is InChI=1S/C29H30FN3O3/c1-18-13-19(2)28-22(14-18)23(29(35)32-28)15-27(34)31-11-12-33-16-20-7-3-6-10-25(20)36-26(17-33)21-8-4-5-9-24(21)30/h3-10,13-14,23,26H,11-12,15-17H2,1-2H3,(H,31,34)(H,32,35)/t23-,26+/m1/s1. The predicted molar refractivity (Wildman–Crippen MR) is 136 cm³/mol. The molecule has 0 unspecified atom stereocenters. The Labute approximate surface area is 210 Å². The fourth-order valence-corrected chi connectivity index (χ4v) is 5.16. The van der Waals surface area contributed by atoms with E-state index in [9.17, 15) is 14.0 Å². The summed E-state index contributed by atoms with van der Waals surface area (Å²) in [4.78, 5) is 27.5. The van der Waals surface area contributed by atoms with Gasteiger partial charge in [0.25, 0.3) is 0 Å². The number of hydrogen-bond acceptors (Lipinski definition) is 4. The lowest BCUT2D eigenvalue weighted by atomic mass is 9.94. The van der Waals surface area contributed by atoms with Crippen LogP contribution in [0.3, 0.4) is 0 Å². The minimum atomic E-state index is -0.484. The summed E-state index contributed by atoms with van der Waals surface area (Å²) in [5, 5.41) is 5.90. The van der Waals surface area contributed by atoms with Gasteiger partial charge in [0.15, 0.2) is 0 Å². The maximum atomic E-state index is 14.6. The molecule has 2 atom stereocenters. The van der Waals surface area contributed by atoms with E-state index >= 15 is 0 Å². The van der Waals surface area contributed by atoms with E-state index in [1.165, 1.54) is 6.07 Å². The number of rotatable bonds is 6. The van der Waals surface area contributed by atoms with Crippen LogP contribution in [-0.4, -0.2) is 36.3 Å². The highest BCUT2D eigenvalue weighted by atomic mass is 19.1. The quantitative estimate of drug-likeness (QED) is 0.532. The van der Waals surface area contributed by atoms with Crippen LogP contribution in [0.1, 0.15) is 46.3 Å². The van der Waals surface area contributed by atoms with Crippen molar-refractivity contribution in [2.45, 2.75) is 38.8 Å². The first kappa shape index (κ1) is 24.0. The predicted octanol–water partition coefficient (Wildman–Crippen LogP) is 4.62. The van der Waals surface area contributed by atoms with E-state index < -0.39 is 12.0 Å². The molecule has 2 aliphatic heterocycles. The Morgan fingerprint density at radius 1 is 1.11 bits per heavy atom. The molecule has 0 fully saturated rings. The smallest absolute Gasteiger partial charge is 0.232 e. The molecule has 3 aromatic rings. The zero-order valence-electron chi connectivity index (χ0n) is 20.5. The first-order valence-corrected chi connectivity index (χ1v) is 12.3. The molecule has 5 rings (SSSR count).